The zero-order valence-corrected chi connectivity index (χ0v) is 10.2. The molecular formula is C11H22N2O3. The lowest BCUT2D eigenvalue weighted by Crippen LogP contribution is -2.43. The summed E-state index contributed by atoms with van der Waals surface area (Å²) in [7, 11) is 0. The molecule has 0 saturated heterocycles. The van der Waals surface area contributed by atoms with E-state index in [0.717, 1.165) is 19.3 Å². The summed E-state index contributed by atoms with van der Waals surface area (Å²) in [6.07, 6.45) is 2.85. The molecule has 0 radical (unpaired) electrons. The van der Waals surface area contributed by atoms with Crippen LogP contribution in [0.25, 0.3) is 0 Å². The number of hydrogen-bond acceptors (Lipinski definition) is 2. The fourth-order valence-electron chi connectivity index (χ4n) is 1.30. The number of urea groups is 1. The van der Waals surface area contributed by atoms with E-state index in [0.29, 0.717) is 0 Å². The summed E-state index contributed by atoms with van der Waals surface area (Å²) in [5.74, 6) is -1.46. The van der Waals surface area contributed by atoms with E-state index in [1.54, 1.807) is 6.92 Å². The molecule has 2 atom stereocenters. The van der Waals surface area contributed by atoms with Gasteiger partial charge >= 0.3 is 12.0 Å². The molecule has 16 heavy (non-hydrogen) atoms. The van der Waals surface area contributed by atoms with E-state index in [1.165, 1.54) is 0 Å². The maximum atomic E-state index is 11.4. The fraction of sp³-hybridized carbons (Fsp3) is 0.818. The second-order valence-corrected chi connectivity index (χ2v) is 3.99. The zero-order valence-electron chi connectivity index (χ0n) is 10.2. The lowest BCUT2D eigenvalue weighted by Gasteiger charge is -2.17. The Balaban J connectivity index is 3.84. The summed E-state index contributed by atoms with van der Waals surface area (Å²) in [5.41, 5.74) is 0. The first-order valence-corrected chi connectivity index (χ1v) is 5.78. The molecule has 2 unspecified atom stereocenters. The number of carboxylic acids is 1. The van der Waals surface area contributed by atoms with Gasteiger partial charge in [0.15, 0.2) is 0 Å². The van der Waals surface area contributed by atoms with Gasteiger partial charge in [0.05, 0.1) is 5.92 Å². The van der Waals surface area contributed by atoms with Gasteiger partial charge in [0.25, 0.3) is 0 Å². The highest BCUT2D eigenvalue weighted by Gasteiger charge is 2.13. The lowest BCUT2D eigenvalue weighted by atomic mass is 10.1. The van der Waals surface area contributed by atoms with Gasteiger partial charge in [-0.2, -0.15) is 0 Å². The maximum Gasteiger partial charge on any atom is 0.315 e. The lowest BCUT2D eigenvalue weighted by molar-refractivity contribution is -0.140. The van der Waals surface area contributed by atoms with Crippen LogP contribution >= 0.6 is 0 Å². The normalized spacial score (nSPS) is 13.9. The van der Waals surface area contributed by atoms with Crippen molar-refractivity contribution >= 4 is 12.0 Å². The number of carbonyl (C=O) groups is 2. The van der Waals surface area contributed by atoms with E-state index in [1.807, 2.05) is 6.92 Å². The molecule has 0 heterocycles. The van der Waals surface area contributed by atoms with Crippen LogP contribution in [0.5, 0.6) is 0 Å². The summed E-state index contributed by atoms with van der Waals surface area (Å²) >= 11 is 0. The highest BCUT2D eigenvalue weighted by atomic mass is 16.4. The topological polar surface area (TPSA) is 78.4 Å². The SMILES string of the molecule is CCCC(CC)NC(=O)NCC(C)C(=O)O. The summed E-state index contributed by atoms with van der Waals surface area (Å²) in [6.45, 7) is 5.80. The summed E-state index contributed by atoms with van der Waals surface area (Å²) in [6, 6.07) is -0.112. The van der Waals surface area contributed by atoms with E-state index < -0.39 is 11.9 Å². The minimum atomic E-state index is -0.902. The van der Waals surface area contributed by atoms with Gasteiger partial charge in [-0.1, -0.05) is 27.2 Å². The van der Waals surface area contributed by atoms with Gasteiger partial charge in [-0.05, 0) is 12.8 Å². The Bertz CT molecular complexity index is 231. The molecule has 0 aromatic carbocycles. The highest BCUT2D eigenvalue weighted by Crippen LogP contribution is 2.00. The van der Waals surface area contributed by atoms with E-state index in [9.17, 15) is 9.59 Å². The summed E-state index contributed by atoms with van der Waals surface area (Å²) in [5, 5.41) is 14.0. The van der Waals surface area contributed by atoms with Crippen LogP contribution in [0.2, 0.25) is 0 Å². The van der Waals surface area contributed by atoms with Crippen LogP contribution in [0, 0.1) is 5.92 Å². The Labute approximate surface area is 96.6 Å². The minimum absolute atomic E-state index is 0.156. The molecule has 94 valence electrons. The average Bonchev–Trinajstić information content (AvgIpc) is 2.24. The van der Waals surface area contributed by atoms with Gasteiger partial charge < -0.3 is 15.7 Å². The van der Waals surface area contributed by atoms with Crippen LogP contribution in [0.15, 0.2) is 0 Å². The maximum absolute atomic E-state index is 11.4. The van der Waals surface area contributed by atoms with Crippen LogP contribution in [0.1, 0.15) is 40.0 Å². The predicted octanol–water partition coefficient (Wildman–Crippen LogP) is 1.59. The van der Waals surface area contributed by atoms with Gasteiger partial charge in [0, 0.05) is 12.6 Å². The zero-order chi connectivity index (χ0) is 12.6. The number of hydrogen-bond donors (Lipinski definition) is 3. The molecule has 0 rings (SSSR count). The third-order valence-corrected chi connectivity index (χ3v) is 2.46. The molecule has 0 aromatic rings. The Kier molecular flexibility index (Phi) is 7.33. The minimum Gasteiger partial charge on any atom is -0.481 e. The monoisotopic (exact) mass is 230 g/mol. The van der Waals surface area contributed by atoms with Crippen LogP contribution in [-0.4, -0.2) is 29.7 Å². The van der Waals surface area contributed by atoms with Crippen molar-refractivity contribution < 1.29 is 14.7 Å². The van der Waals surface area contributed by atoms with Crippen LogP contribution in [-0.2, 0) is 4.79 Å². The molecular weight excluding hydrogens is 208 g/mol. The van der Waals surface area contributed by atoms with E-state index in [2.05, 4.69) is 17.6 Å². The van der Waals surface area contributed by atoms with Crippen LogP contribution in [0.3, 0.4) is 0 Å². The molecule has 0 aliphatic rings. The number of rotatable bonds is 7. The summed E-state index contributed by atoms with van der Waals surface area (Å²) < 4.78 is 0. The molecule has 0 bridgehead atoms. The third kappa shape index (κ3) is 6.27. The molecule has 2 amide bonds. The Morgan fingerprint density at radius 1 is 1.31 bits per heavy atom. The van der Waals surface area contributed by atoms with Gasteiger partial charge in [-0.3, -0.25) is 4.79 Å². The predicted molar refractivity (Wildman–Crippen MR) is 62.3 cm³/mol. The smallest absolute Gasteiger partial charge is 0.315 e. The van der Waals surface area contributed by atoms with Crippen molar-refractivity contribution in [2.75, 3.05) is 6.54 Å². The van der Waals surface area contributed by atoms with E-state index >= 15 is 0 Å². The quantitative estimate of drug-likeness (QED) is 0.621. The molecule has 0 spiro atoms. The van der Waals surface area contributed by atoms with Crippen molar-refractivity contribution in [1.29, 1.82) is 0 Å². The number of aliphatic carboxylic acids is 1. The first-order valence-electron chi connectivity index (χ1n) is 5.78. The largest absolute Gasteiger partial charge is 0.481 e. The van der Waals surface area contributed by atoms with Crippen LogP contribution < -0.4 is 10.6 Å². The molecule has 0 aliphatic carbocycles. The van der Waals surface area contributed by atoms with Gasteiger partial charge in [-0.15, -0.1) is 0 Å². The standard InChI is InChI=1S/C11H22N2O3/c1-4-6-9(5-2)13-11(16)12-7-8(3)10(14)15/h8-9H,4-7H2,1-3H3,(H,14,15)(H2,12,13,16). The van der Waals surface area contributed by atoms with E-state index in [4.69, 9.17) is 5.11 Å². The molecule has 5 heteroatoms. The van der Waals surface area contributed by atoms with Gasteiger partial charge in [-0.25, -0.2) is 4.79 Å². The average molecular weight is 230 g/mol. The molecule has 0 saturated carbocycles. The van der Waals surface area contributed by atoms with Crippen molar-refractivity contribution in [2.45, 2.75) is 46.1 Å². The first kappa shape index (κ1) is 14.7. The number of amides is 2. The second-order valence-electron chi connectivity index (χ2n) is 3.99. The molecule has 3 N–H and O–H groups in total. The van der Waals surface area contributed by atoms with Crippen molar-refractivity contribution in [3.8, 4) is 0 Å². The van der Waals surface area contributed by atoms with E-state index in [-0.39, 0.29) is 18.6 Å². The molecule has 0 fully saturated rings. The van der Waals surface area contributed by atoms with Crippen molar-refractivity contribution in [3.05, 3.63) is 0 Å². The number of carbonyl (C=O) groups excluding carboxylic acids is 1. The molecule has 0 aromatic heterocycles. The van der Waals surface area contributed by atoms with Crippen molar-refractivity contribution in [1.82, 2.24) is 10.6 Å². The highest BCUT2D eigenvalue weighted by molar-refractivity contribution is 5.75. The Morgan fingerprint density at radius 3 is 2.38 bits per heavy atom. The van der Waals surface area contributed by atoms with Gasteiger partial charge in [0.2, 0.25) is 0 Å². The number of carboxylic acid groups (broad SMARTS) is 1. The van der Waals surface area contributed by atoms with Crippen molar-refractivity contribution in [3.63, 3.8) is 0 Å². The first-order chi connectivity index (χ1) is 7.51. The fourth-order valence-corrected chi connectivity index (χ4v) is 1.30. The molecule has 5 nitrogen and oxygen atoms in total. The Morgan fingerprint density at radius 2 is 1.94 bits per heavy atom. The molecule has 0 aliphatic heterocycles. The third-order valence-electron chi connectivity index (χ3n) is 2.46. The van der Waals surface area contributed by atoms with Gasteiger partial charge in [0.1, 0.15) is 0 Å². The Hall–Kier alpha value is -1.26. The summed E-state index contributed by atoms with van der Waals surface area (Å²) in [4.78, 5) is 21.9. The second kappa shape index (κ2) is 7.96. The number of nitrogens with one attached hydrogen (secondary N) is 2. The van der Waals surface area contributed by atoms with Crippen molar-refractivity contribution in [2.24, 2.45) is 5.92 Å². The van der Waals surface area contributed by atoms with Crippen LogP contribution in [0.4, 0.5) is 4.79 Å².